The van der Waals surface area contributed by atoms with Crippen molar-refractivity contribution in [2.75, 3.05) is 31.1 Å². The van der Waals surface area contributed by atoms with Crippen LogP contribution in [0.1, 0.15) is 50.4 Å². The number of aromatic nitrogens is 4. The van der Waals surface area contributed by atoms with Gasteiger partial charge in [-0.25, -0.2) is 15.0 Å². The molecule has 0 aromatic carbocycles. The van der Waals surface area contributed by atoms with Crippen LogP contribution < -0.4 is 4.90 Å². The van der Waals surface area contributed by atoms with Gasteiger partial charge in [0, 0.05) is 63.8 Å². The minimum atomic E-state index is -0.516. The van der Waals surface area contributed by atoms with Crippen molar-refractivity contribution in [2.45, 2.75) is 63.7 Å². The number of carbonyl (C=O) groups is 1. The van der Waals surface area contributed by atoms with Crippen LogP contribution in [-0.2, 0) is 28.1 Å². The van der Waals surface area contributed by atoms with Gasteiger partial charge in [-0.05, 0) is 31.2 Å². The molecule has 8 nitrogen and oxygen atoms in total. The first-order valence-corrected chi connectivity index (χ1v) is 11.2. The molecule has 0 saturated carbocycles. The number of nitrogens with zero attached hydrogens (tertiary/aromatic N) is 6. The zero-order valence-electron chi connectivity index (χ0n) is 17.7. The van der Waals surface area contributed by atoms with Gasteiger partial charge in [0.05, 0.1) is 6.54 Å². The van der Waals surface area contributed by atoms with Crippen molar-refractivity contribution in [3.8, 4) is 0 Å². The first-order chi connectivity index (χ1) is 14.7. The number of carbonyl (C=O) groups excluding carboxylic acids is 1. The van der Waals surface area contributed by atoms with E-state index in [0.29, 0.717) is 6.54 Å². The average molecular weight is 411 g/mol. The number of likely N-dealkylation sites (tertiary alicyclic amines) is 1. The smallest absolute Gasteiger partial charge is 0.253 e. The van der Waals surface area contributed by atoms with Gasteiger partial charge in [0.1, 0.15) is 11.4 Å². The van der Waals surface area contributed by atoms with E-state index < -0.39 is 11.7 Å². The van der Waals surface area contributed by atoms with Gasteiger partial charge in [-0.1, -0.05) is 6.92 Å². The molecule has 2 aromatic heterocycles. The quantitative estimate of drug-likeness (QED) is 0.772. The zero-order chi connectivity index (χ0) is 20.6. The maximum atomic E-state index is 13.2. The van der Waals surface area contributed by atoms with Crippen LogP contribution >= 0.6 is 0 Å². The molecule has 5 heterocycles. The Morgan fingerprint density at radius 3 is 2.53 bits per heavy atom. The molecule has 0 radical (unpaired) electrons. The predicted octanol–water partition coefficient (Wildman–Crippen LogP) is 2.14. The van der Waals surface area contributed by atoms with E-state index in [9.17, 15) is 4.79 Å². The summed E-state index contributed by atoms with van der Waals surface area (Å²) in [5.41, 5.74) is 0.626. The number of imidazole rings is 1. The summed E-state index contributed by atoms with van der Waals surface area (Å²) in [4.78, 5) is 31.1. The number of piperidine rings is 2. The van der Waals surface area contributed by atoms with Gasteiger partial charge in [0.15, 0.2) is 6.10 Å². The van der Waals surface area contributed by atoms with E-state index in [1.807, 2.05) is 29.7 Å². The Morgan fingerprint density at radius 2 is 1.83 bits per heavy atom. The molecule has 3 aliphatic rings. The molecule has 8 heteroatoms. The molecule has 1 atom stereocenters. The molecule has 1 amide bonds. The standard InChI is InChI=1S/C22H30N6O2/c1-2-17-14-24-21(25-15-17)27-11-6-22(7-12-27)20-23-8-13-28(20)16-18(30-22)19(29)26-9-4-3-5-10-26/h8,13-15,18H,2-7,9-12,16H2,1H3/t18-/m1/s1. The number of hydrogen-bond donors (Lipinski definition) is 0. The van der Waals surface area contributed by atoms with Crippen molar-refractivity contribution in [3.05, 3.63) is 36.2 Å². The number of ether oxygens (including phenoxy) is 1. The Hall–Kier alpha value is -2.48. The van der Waals surface area contributed by atoms with Gasteiger partial charge >= 0.3 is 0 Å². The van der Waals surface area contributed by atoms with Gasteiger partial charge in [0.2, 0.25) is 5.95 Å². The van der Waals surface area contributed by atoms with Crippen LogP contribution in [0.3, 0.4) is 0 Å². The van der Waals surface area contributed by atoms with Crippen molar-refractivity contribution in [1.29, 1.82) is 0 Å². The average Bonchev–Trinajstić information content (AvgIpc) is 3.30. The molecule has 160 valence electrons. The molecule has 0 unspecified atom stereocenters. The summed E-state index contributed by atoms with van der Waals surface area (Å²) in [6.07, 6.45) is 13.1. The van der Waals surface area contributed by atoms with Gasteiger partial charge < -0.3 is 19.1 Å². The van der Waals surface area contributed by atoms with Crippen LogP contribution in [0.2, 0.25) is 0 Å². The molecule has 0 N–H and O–H groups in total. The van der Waals surface area contributed by atoms with E-state index >= 15 is 0 Å². The van der Waals surface area contributed by atoms with E-state index in [4.69, 9.17) is 4.74 Å². The largest absolute Gasteiger partial charge is 0.352 e. The highest BCUT2D eigenvalue weighted by Crippen LogP contribution is 2.41. The number of amides is 1. The van der Waals surface area contributed by atoms with E-state index in [1.54, 1.807) is 0 Å². The minimum Gasteiger partial charge on any atom is -0.352 e. The highest BCUT2D eigenvalue weighted by Gasteiger charge is 2.48. The number of hydrogen-bond acceptors (Lipinski definition) is 6. The van der Waals surface area contributed by atoms with E-state index in [1.165, 1.54) is 6.42 Å². The van der Waals surface area contributed by atoms with Crippen molar-refractivity contribution < 1.29 is 9.53 Å². The second-order valence-corrected chi connectivity index (χ2v) is 8.62. The molecule has 30 heavy (non-hydrogen) atoms. The fraction of sp³-hybridized carbons (Fsp3) is 0.636. The number of rotatable bonds is 3. The molecule has 2 fully saturated rings. The Bertz CT molecular complexity index is 881. The summed E-state index contributed by atoms with van der Waals surface area (Å²) in [7, 11) is 0. The van der Waals surface area contributed by atoms with E-state index in [-0.39, 0.29) is 5.91 Å². The van der Waals surface area contributed by atoms with Gasteiger partial charge in [-0.3, -0.25) is 4.79 Å². The van der Waals surface area contributed by atoms with Crippen molar-refractivity contribution in [3.63, 3.8) is 0 Å². The Morgan fingerprint density at radius 1 is 1.10 bits per heavy atom. The molecule has 0 bridgehead atoms. The van der Waals surface area contributed by atoms with E-state index in [0.717, 1.165) is 75.6 Å². The molecule has 2 aromatic rings. The lowest BCUT2D eigenvalue weighted by atomic mass is 9.88. The number of fused-ring (bicyclic) bond motifs is 2. The molecule has 2 saturated heterocycles. The summed E-state index contributed by atoms with van der Waals surface area (Å²) < 4.78 is 8.72. The molecular weight excluding hydrogens is 380 g/mol. The Kier molecular flexibility index (Phi) is 5.18. The lowest BCUT2D eigenvalue weighted by molar-refractivity contribution is -0.176. The molecule has 3 aliphatic heterocycles. The van der Waals surface area contributed by atoms with Crippen LogP contribution in [-0.4, -0.2) is 62.6 Å². The summed E-state index contributed by atoms with van der Waals surface area (Å²) in [5, 5.41) is 0. The lowest BCUT2D eigenvalue weighted by Gasteiger charge is -2.46. The highest BCUT2D eigenvalue weighted by atomic mass is 16.5. The first-order valence-electron chi connectivity index (χ1n) is 11.2. The second-order valence-electron chi connectivity index (χ2n) is 8.62. The number of aryl methyl sites for hydroxylation is 1. The second kappa shape index (κ2) is 7.98. The zero-order valence-corrected chi connectivity index (χ0v) is 17.7. The van der Waals surface area contributed by atoms with Crippen LogP contribution in [0, 0.1) is 0 Å². The van der Waals surface area contributed by atoms with Gasteiger partial charge in [-0.2, -0.15) is 0 Å². The van der Waals surface area contributed by atoms with Crippen LogP contribution in [0.15, 0.2) is 24.8 Å². The minimum absolute atomic E-state index is 0.134. The van der Waals surface area contributed by atoms with Crippen molar-refractivity contribution in [2.24, 2.45) is 0 Å². The summed E-state index contributed by atoms with van der Waals surface area (Å²) in [6, 6.07) is 0. The fourth-order valence-corrected chi connectivity index (χ4v) is 4.95. The third-order valence-electron chi connectivity index (χ3n) is 6.75. The first kappa shape index (κ1) is 19.5. The van der Waals surface area contributed by atoms with E-state index in [2.05, 4.69) is 31.3 Å². The summed E-state index contributed by atoms with van der Waals surface area (Å²) in [5.74, 6) is 1.85. The monoisotopic (exact) mass is 410 g/mol. The van der Waals surface area contributed by atoms with Crippen LogP contribution in [0.5, 0.6) is 0 Å². The number of anilines is 1. The third-order valence-corrected chi connectivity index (χ3v) is 6.75. The molecule has 0 aliphatic carbocycles. The lowest BCUT2D eigenvalue weighted by Crippen LogP contribution is -2.55. The third kappa shape index (κ3) is 3.47. The highest BCUT2D eigenvalue weighted by molar-refractivity contribution is 5.81. The normalized spacial score (nSPS) is 23.4. The SMILES string of the molecule is CCc1cnc(N2CCC3(CC2)O[C@@H](C(=O)N2CCCCC2)Cn2ccnc23)nc1. The summed E-state index contributed by atoms with van der Waals surface area (Å²) >= 11 is 0. The van der Waals surface area contributed by atoms with Crippen molar-refractivity contribution in [1.82, 2.24) is 24.4 Å². The fourth-order valence-electron chi connectivity index (χ4n) is 4.95. The predicted molar refractivity (Wildman–Crippen MR) is 112 cm³/mol. The maximum Gasteiger partial charge on any atom is 0.253 e. The Labute approximate surface area is 177 Å². The summed E-state index contributed by atoms with van der Waals surface area (Å²) in [6.45, 7) is 5.92. The van der Waals surface area contributed by atoms with Gasteiger partial charge in [-0.15, -0.1) is 0 Å². The van der Waals surface area contributed by atoms with Crippen LogP contribution in [0.25, 0.3) is 0 Å². The Balaban J connectivity index is 1.33. The van der Waals surface area contributed by atoms with Crippen LogP contribution in [0.4, 0.5) is 5.95 Å². The molecule has 1 spiro atoms. The maximum absolute atomic E-state index is 13.2. The van der Waals surface area contributed by atoms with Crippen molar-refractivity contribution >= 4 is 11.9 Å². The molecule has 5 rings (SSSR count). The van der Waals surface area contributed by atoms with Gasteiger partial charge in [0.25, 0.3) is 5.91 Å². The molecular formula is C22H30N6O2. The topological polar surface area (TPSA) is 76.4 Å².